The van der Waals surface area contributed by atoms with Crippen LogP contribution in [0, 0.1) is 6.92 Å². The van der Waals surface area contributed by atoms with E-state index in [1.54, 1.807) is 6.92 Å². The summed E-state index contributed by atoms with van der Waals surface area (Å²) in [7, 11) is -4.97. The van der Waals surface area contributed by atoms with Crippen LogP contribution in [0.15, 0.2) is 35.2 Å². The van der Waals surface area contributed by atoms with Crippen LogP contribution in [0.3, 0.4) is 0 Å². The quantitative estimate of drug-likeness (QED) is 0.663. The van der Waals surface area contributed by atoms with Crippen molar-refractivity contribution in [3.63, 3.8) is 0 Å². The molecule has 1 aromatic heterocycles. The Balaban J connectivity index is 1.93. The molecule has 2 amide bonds. The number of sulfone groups is 1. The fourth-order valence-corrected chi connectivity index (χ4v) is 3.91. The summed E-state index contributed by atoms with van der Waals surface area (Å²) in [5.74, 6) is -4.61. The van der Waals surface area contributed by atoms with Crippen LogP contribution in [-0.4, -0.2) is 41.8 Å². The lowest BCUT2D eigenvalue weighted by Crippen LogP contribution is -2.52. The molecule has 2 unspecified atom stereocenters. The van der Waals surface area contributed by atoms with Crippen molar-refractivity contribution in [2.75, 3.05) is 5.32 Å². The number of nitrogens with one attached hydrogen (secondary N) is 3. The second kappa shape index (κ2) is 7.87. The van der Waals surface area contributed by atoms with Crippen molar-refractivity contribution >= 4 is 27.5 Å². The van der Waals surface area contributed by atoms with Crippen molar-refractivity contribution in [2.45, 2.75) is 43.3 Å². The highest BCUT2D eigenvalue weighted by molar-refractivity contribution is 7.91. The number of nitrogens with zero attached hydrogens (tertiary/aromatic N) is 2. The molecular formula is C17H19F2N5O4S. The van der Waals surface area contributed by atoms with Gasteiger partial charge in [-0.25, -0.2) is 13.1 Å². The average Bonchev–Trinajstić information content (AvgIpc) is 3.01. The number of hydrogen-bond donors (Lipinski definition) is 3. The number of aryl methyl sites for hydroxylation is 1. The molecule has 1 aromatic carbocycles. The van der Waals surface area contributed by atoms with E-state index < -0.39 is 38.3 Å². The number of benzene rings is 1. The molecule has 9 nitrogen and oxygen atoms in total. The van der Waals surface area contributed by atoms with E-state index in [2.05, 4.69) is 21.0 Å². The third kappa shape index (κ3) is 4.27. The standard InChI is InChI=1S/C17H19F2N5O4S/c1-9-8-14(25)22-17(20-9)24-13(7-10(2)23-24)21-15(26)11-5-3-4-6-12(11)29(27,28)16(18)19/h3-7,9,16-17,20H,8H2,1-2H3,(H,21,26)(H,22,25). The molecule has 1 aliphatic heterocycles. The van der Waals surface area contributed by atoms with Gasteiger partial charge in [0.2, 0.25) is 15.7 Å². The number of rotatable bonds is 5. The maximum absolute atomic E-state index is 13.0. The van der Waals surface area contributed by atoms with Crippen LogP contribution in [0.2, 0.25) is 0 Å². The Morgan fingerprint density at radius 2 is 2.03 bits per heavy atom. The van der Waals surface area contributed by atoms with Crippen molar-refractivity contribution in [1.29, 1.82) is 0 Å². The van der Waals surface area contributed by atoms with E-state index >= 15 is 0 Å². The second-order valence-electron chi connectivity index (χ2n) is 6.61. The molecule has 3 N–H and O–H groups in total. The van der Waals surface area contributed by atoms with Gasteiger partial charge >= 0.3 is 5.76 Å². The summed E-state index contributed by atoms with van der Waals surface area (Å²) in [4.78, 5) is 23.8. The van der Waals surface area contributed by atoms with Crippen LogP contribution >= 0.6 is 0 Å². The van der Waals surface area contributed by atoms with Crippen molar-refractivity contribution < 1.29 is 26.8 Å². The van der Waals surface area contributed by atoms with Crippen molar-refractivity contribution in [3.8, 4) is 0 Å². The first kappa shape index (κ1) is 20.9. The Labute approximate surface area is 165 Å². The molecule has 0 bridgehead atoms. The molecule has 3 rings (SSSR count). The molecule has 0 saturated carbocycles. The maximum Gasteiger partial charge on any atom is 0.341 e. The van der Waals surface area contributed by atoms with Crippen LogP contribution < -0.4 is 16.0 Å². The van der Waals surface area contributed by atoms with Gasteiger partial charge in [-0.2, -0.15) is 13.9 Å². The van der Waals surface area contributed by atoms with Crippen molar-refractivity contribution in [1.82, 2.24) is 20.4 Å². The Hall–Kier alpha value is -2.86. The lowest BCUT2D eigenvalue weighted by molar-refractivity contribution is -0.125. The highest BCUT2D eigenvalue weighted by Gasteiger charge is 2.32. The van der Waals surface area contributed by atoms with E-state index in [1.165, 1.54) is 22.9 Å². The molecule has 2 aromatic rings. The van der Waals surface area contributed by atoms with Crippen molar-refractivity contribution in [2.24, 2.45) is 0 Å². The number of carbonyl (C=O) groups is 2. The molecule has 1 aliphatic rings. The Morgan fingerprint density at radius 3 is 2.69 bits per heavy atom. The molecule has 29 heavy (non-hydrogen) atoms. The molecule has 0 aliphatic carbocycles. The SMILES string of the molecule is Cc1cc(NC(=O)c2ccccc2S(=O)(=O)C(F)F)n(C2NC(=O)CC(C)N2)n1. The smallest absolute Gasteiger partial charge is 0.322 e. The average molecular weight is 427 g/mol. The van der Waals surface area contributed by atoms with E-state index in [1.807, 2.05) is 6.92 Å². The van der Waals surface area contributed by atoms with Gasteiger partial charge in [0.1, 0.15) is 5.82 Å². The fraction of sp³-hybridized carbons (Fsp3) is 0.353. The van der Waals surface area contributed by atoms with Gasteiger partial charge in [-0.05, 0) is 26.0 Å². The number of amides is 2. The largest absolute Gasteiger partial charge is 0.341 e. The van der Waals surface area contributed by atoms with Gasteiger partial charge in [0.05, 0.1) is 16.2 Å². The van der Waals surface area contributed by atoms with Crippen LogP contribution in [0.25, 0.3) is 0 Å². The monoisotopic (exact) mass is 427 g/mol. The fourth-order valence-electron chi connectivity index (χ4n) is 2.98. The minimum atomic E-state index is -4.97. The highest BCUT2D eigenvalue weighted by atomic mass is 32.2. The van der Waals surface area contributed by atoms with Gasteiger partial charge in [0, 0.05) is 18.5 Å². The molecular weight excluding hydrogens is 408 g/mol. The van der Waals surface area contributed by atoms with Crippen molar-refractivity contribution in [3.05, 3.63) is 41.6 Å². The molecule has 2 atom stereocenters. The molecule has 12 heteroatoms. The minimum Gasteiger partial charge on any atom is -0.322 e. The zero-order chi connectivity index (χ0) is 21.3. The summed E-state index contributed by atoms with van der Waals surface area (Å²) in [5, 5.41) is 12.5. The Morgan fingerprint density at radius 1 is 1.34 bits per heavy atom. The topological polar surface area (TPSA) is 122 Å². The minimum absolute atomic E-state index is 0.140. The summed E-state index contributed by atoms with van der Waals surface area (Å²) >= 11 is 0. The predicted molar refractivity (Wildman–Crippen MR) is 98.9 cm³/mol. The second-order valence-corrected chi connectivity index (χ2v) is 8.50. The number of aromatic nitrogens is 2. The highest BCUT2D eigenvalue weighted by Crippen LogP contribution is 2.24. The normalized spacial score (nSPS) is 19.8. The van der Waals surface area contributed by atoms with Crippen LogP contribution in [0.5, 0.6) is 0 Å². The first-order chi connectivity index (χ1) is 13.6. The summed E-state index contributed by atoms with van der Waals surface area (Å²) in [6, 6.07) is 6.08. The Kier molecular flexibility index (Phi) is 5.66. The summed E-state index contributed by atoms with van der Waals surface area (Å²) < 4.78 is 51.1. The number of hydrogen-bond acceptors (Lipinski definition) is 6. The molecule has 1 saturated heterocycles. The summed E-state index contributed by atoms with van der Waals surface area (Å²) in [5.41, 5.74) is 0.0928. The van der Waals surface area contributed by atoms with Crippen LogP contribution in [0.1, 0.15) is 35.7 Å². The van der Waals surface area contributed by atoms with Gasteiger partial charge in [0.15, 0.2) is 6.29 Å². The van der Waals surface area contributed by atoms with Gasteiger partial charge in [-0.15, -0.1) is 0 Å². The number of halogens is 2. The third-order valence-corrected chi connectivity index (χ3v) is 5.69. The maximum atomic E-state index is 13.0. The van der Waals surface area contributed by atoms with E-state index in [0.29, 0.717) is 5.69 Å². The zero-order valence-corrected chi connectivity index (χ0v) is 16.3. The van der Waals surface area contributed by atoms with E-state index in [-0.39, 0.29) is 24.2 Å². The number of alkyl halides is 2. The predicted octanol–water partition coefficient (Wildman–Crippen LogP) is 1.39. The summed E-state index contributed by atoms with van der Waals surface area (Å²) in [6.45, 7) is 3.47. The molecule has 156 valence electrons. The van der Waals surface area contributed by atoms with Gasteiger partial charge in [-0.1, -0.05) is 12.1 Å². The van der Waals surface area contributed by atoms with E-state index in [0.717, 1.165) is 12.1 Å². The molecule has 2 heterocycles. The summed E-state index contributed by atoms with van der Waals surface area (Å²) in [6.07, 6.45) is -0.465. The van der Waals surface area contributed by atoms with E-state index in [4.69, 9.17) is 0 Å². The first-order valence-electron chi connectivity index (χ1n) is 8.63. The molecule has 1 fully saturated rings. The lowest BCUT2D eigenvalue weighted by Gasteiger charge is -2.30. The molecule has 0 spiro atoms. The Bertz CT molecular complexity index is 1050. The molecule has 0 radical (unpaired) electrons. The van der Waals surface area contributed by atoms with Gasteiger partial charge in [-0.3, -0.25) is 14.9 Å². The van der Waals surface area contributed by atoms with Crippen LogP contribution in [0.4, 0.5) is 14.6 Å². The van der Waals surface area contributed by atoms with Gasteiger partial charge < -0.3 is 10.6 Å². The van der Waals surface area contributed by atoms with E-state index in [9.17, 15) is 26.8 Å². The number of anilines is 1. The third-order valence-electron chi connectivity index (χ3n) is 4.25. The van der Waals surface area contributed by atoms with Crippen LogP contribution in [-0.2, 0) is 14.6 Å². The zero-order valence-electron chi connectivity index (χ0n) is 15.5. The first-order valence-corrected chi connectivity index (χ1v) is 10.2. The lowest BCUT2D eigenvalue weighted by atomic mass is 10.2. The number of carbonyl (C=O) groups excluding carboxylic acids is 2. The van der Waals surface area contributed by atoms with Gasteiger partial charge in [0.25, 0.3) is 5.91 Å².